The predicted octanol–water partition coefficient (Wildman–Crippen LogP) is 9.65. The van der Waals surface area contributed by atoms with E-state index in [0.717, 1.165) is 72.3 Å². The van der Waals surface area contributed by atoms with Crippen molar-refractivity contribution in [2.75, 3.05) is 32.8 Å². The number of nitriles is 1. The van der Waals surface area contributed by atoms with Crippen LogP contribution in [-0.2, 0) is 24.4 Å². The number of fused-ring (bicyclic) bond motifs is 1. The first-order valence-corrected chi connectivity index (χ1v) is 19.5. The van der Waals surface area contributed by atoms with Crippen molar-refractivity contribution in [2.45, 2.75) is 77.3 Å². The number of likely N-dealkylation sites (tertiary alicyclic amines) is 1. The second kappa shape index (κ2) is 16.8. The lowest BCUT2D eigenvalue weighted by molar-refractivity contribution is -0.117. The summed E-state index contributed by atoms with van der Waals surface area (Å²) in [7, 11) is 0. The summed E-state index contributed by atoms with van der Waals surface area (Å²) in [6.45, 7) is 14.9. The quantitative estimate of drug-likeness (QED) is 0.0954. The summed E-state index contributed by atoms with van der Waals surface area (Å²) in [5.41, 5.74) is 7.01. The molecule has 2 aliphatic carbocycles. The number of hydrogen-bond donors (Lipinski definition) is 1. The number of Topliss-reactive ketones (excluding diaryl/α,β-unsaturated/α-hetero) is 1. The van der Waals surface area contributed by atoms with Gasteiger partial charge in [-0.05, 0) is 116 Å². The molecule has 1 saturated carbocycles. The summed E-state index contributed by atoms with van der Waals surface area (Å²) in [6, 6.07) is 23.4. The third-order valence-electron chi connectivity index (χ3n) is 10.9. The SMILES string of the molecule is [C-]#[N+]c1cc(C#N)cc(COc2cc(O[C@H]3CCc4c(-c5cccc(OCCCN6CC(C)(F)C6)c5C)cccc43)c(Cl)cc2CNC[C@H]2CCC(=O)C2)c1. The maximum atomic E-state index is 13.9. The number of carbonyl (C=O) groups excluding carboxylic acids is 1. The summed E-state index contributed by atoms with van der Waals surface area (Å²) < 4.78 is 33.2. The molecule has 1 N–H and O–H groups in total. The number of benzene rings is 4. The molecule has 4 aromatic carbocycles. The van der Waals surface area contributed by atoms with E-state index in [-0.39, 0.29) is 12.7 Å². The summed E-state index contributed by atoms with van der Waals surface area (Å²) in [5.74, 6) is 2.59. The van der Waals surface area contributed by atoms with Gasteiger partial charge in [-0.1, -0.05) is 41.9 Å². The molecular formula is C45H46ClFN4O4. The van der Waals surface area contributed by atoms with Gasteiger partial charge in [0.25, 0.3) is 0 Å². The molecule has 2 fully saturated rings. The molecule has 3 aliphatic rings. The highest BCUT2D eigenvalue weighted by atomic mass is 35.5. The molecule has 4 aromatic rings. The maximum absolute atomic E-state index is 13.9. The molecule has 1 heterocycles. The molecule has 55 heavy (non-hydrogen) atoms. The normalized spacial score (nSPS) is 18.6. The number of nitrogens with one attached hydrogen (secondary N) is 1. The van der Waals surface area contributed by atoms with Gasteiger partial charge < -0.3 is 19.5 Å². The average Bonchev–Trinajstić information content (AvgIpc) is 3.78. The van der Waals surface area contributed by atoms with E-state index < -0.39 is 5.67 Å². The highest BCUT2D eigenvalue weighted by molar-refractivity contribution is 6.32. The standard InChI is InChI=1S/C45H46ClFN4O4/c1-29-36(7-5-10-41(29)53-16-6-15-51-27-45(2,47)28-51)37-8-4-9-39-38(37)13-14-42(39)55-44-22-43(54-26-32-17-31(23-48)18-34(19-32)49-3)33(21-40(44)46)25-50-24-30-11-12-35(52)20-30/h4-5,7-10,17-19,21-22,30,42,50H,6,11-16,20,24-28H2,1-2H3/t30-,42-/m0/s1. The molecule has 284 valence electrons. The van der Waals surface area contributed by atoms with E-state index in [1.807, 2.05) is 24.3 Å². The Morgan fingerprint density at radius 3 is 2.62 bits per heavy atom. The molecule has 0 amide bonds. The first-order valence-electron chi connectivity index (χ1n) is 19.1. The molecule has 0 bridgehead atoms. The number of rotatable bonds is 15. The van der Waals surface area contributed by atoms with Crippen molar-refractivity contribution in [1.82, 2.24) is 10.2 Å². The topological polar surface area (TPSA) is 88.2 Å². The molecule has 0 spiro atoms. The third-order valence-corrected chi connectivity index (χ3v) is 11.2. The lowest BCUT2D eigenvalue weighted by atomic mass is 9.93. The van der Waals surface area contributed by atoms with Gasteiger partial charge in [-0.3, -0.25) is 9.69 Å². The third kappa shape index (κ3) is 9.14. The minimum Gasteiger partial charge on any atom is -0.493 e. The van der Waals surface area contributed by atoms with Crippen molar-refractivity contribution in [3.63, 3.8) is 0 Å². The lowest BCUT2D eigenvalue weighted by Gasteiger charge is -2.42. The second-order valence-electron chi connectivity index (χ2n) is 15.3. The minimum absolute atomic E-state index is 0.151. The van der Waals surface area contributed by atoms with Crippen LogP contribution in [0.2, 0.25) is 5.02 Å². The number of hydrogen-bond acceptors (Lipinski definition) is 7. The Morgan fingerprint density at radius 2 is 1.85 bits per heavy atom. The Labute approximate surface area is 328 Å². The van der Waals surface area contributed by atoms with Gasteiger partial charge >= 0.3 is 0 Å². The van der Waals surface area contributed by atoms with Crippen LogP contribution < -0.4 is 19.5 Å². The Bertz CT molecular complexity index is 2120. The van der Waals surface area contributed by atoms with Crippen molar-refractivity contribution < 1.29 is 23.4 Å². The van der Waals surface area contributed by atoms with E-state index in [1.165, 1.54) is 5.56 Å². The fourth-order valence-corrected chi connectivity index (χ4v) is 8.41. The van der Waals surface area contributed by atoms with Crippen LogP contribution in [0.3, 0.4) is 0 Å². The first kappa shape index (κ1) is 38.3. The van der Waals surface area contributed by atoms with E-state index in [1.54, 1.807) is 25.1 Å². The van der Waals surface area contributed by atoms with Gasteiger partial charge in [0.05, 0.1) is 24.3 Å². The number of ketones is 1. The fourth-order valence-electron chi connectivity index (χ4n) is 8.18. The molecule has 10 heteroatoms. The number of nitrogens with zero attached hydrogens (tertiary/aromatic N) is 3. The lowest BCUT2D eigenvalue weighted by Crippen LogP contribution is -2.57. The van der Waals surface area contributed by atoms with Crippen LogP contribution in [0.25, 0.3) is 16.0 Å². The van der Waals surface area contributed by atoms with Crippen LogP contribution >= 0.6 is 11.6 Å². The zero-order valence-corrected chi connectivity index (χ0v) is 32.2. The number of carbonyl (C=O) groups is 1. The molecule has 0 aromatic heterocycles. The van der Waals surface area contributed by atoms with Crippen molar-refractivity contribution in [3.05, 3.63) is 117 Å². The van der Waals surface area contributed by atoms with E-state index in [2.05, 4.69) is 52.3 Å². The number of alkyl halides is 1. The molecule has 0 radical (unpaired) electrons. The Kier molecular flexibility index (Phi) is 11.7. The van der Waals surface area contributed by atoms with Crippen LogP contribution in [-0.4, -0.2) is 49.1 Å². The van der Waals surface area contributed by atoms with Crippen molar-refractivity contribution in [2.24, 2.45) is 5.92 Å². The van der Waals surface area contributed by atoms with Crippen LogP contribution in [0.1, 0.15) is 78.5 Å². The van der Waals surface area contributed by atoms with Gasteiger partial charge in [-0.15, -0.1) is 0 Å². The number of ether oxygens (including phenoxy) is 3. The molecule has 7 rings (SSSR count). The van der Waals surface area contributed by atoms with E-state index in [4.69, 9.17) is 32.4 Å². The molecule has 2 atom stereocenters. The molecule has 1 aliphatic heterocycles. The molecule has 8 nitrogen and oxygen atoms in total. The smallest absolute Gasteiger partial charge is 0.188 e. The zero-order valence-electron chi connectivity index (χ0n) is 31.4. The predicted molar refractivity (Wildman–Crippen MR) is 212 cm³/mol. The highest BCUT2D eigenvalue weighted by Crippen LogP contribution is 2.44. The van der Waals surface area contributed by atoms with Gasteiger partial charge in [0.2, 0.25) is 0 Å². The van der Waals surface area contributed by atoms with Crippen LogP contribution in [0, 0.1) is 30.7 Å². The van der Waals surface area contributed by atoms with Crippen LogP contribution in [0.15, 0.2) is 66.7 Å². The molecule has 0 unspecified atom stereocenters. The van der Waals surface area contributed by atoms with Gasteiger partial charge in [0.15, 0.2) is 5.69 Å². The summed E-state index contributed by atoms with van der Waals surface area (Å²) in [6.07, 6.45) is 4.39. The van der Waals surface area contributed by atoms with E-state index >= 15 is 0 Å². The van der Waals surface area contributed by atoms with E-state index in [0.29, 0.717) is 84.1 Å². The fraction of sp³-hybridized carbons (Fsp3) is 0.400. The Hall–Kier alpha value is -4.93. The van der Waals surface area contributed by atoms with Gasteiger partial charge in [-0.2, -0.15) is 5.26 Å². The first-order chi connectivity index (χ1) is 26.6. The Balaban J connectivity index is 1.07. The zero-order chi connectivity index (χ0) is 38.5. The highest BCUT2D eigenvalue weighted by Gasteiger charge is 2.38. The van der Waals surface area contributed by atoms with Crippen LogP contribution in [0.4, 0.5) is 10.1 Å². The minimum atomic E-state index is -1.06. The maximum Gasteiger partial charge on any atom is 0.188 e. The Morgan fingerprint density at radius 1 is 1.04 bits per heavy atom. The second-order valence-corrected chi connectivity index (χ2v) is 15.7. The summed E-state index contributed by atoms with van der Waals surface area (Å²) in [4.78, 5) is 17.5. The van der Waals surface area contributed by atoms with Crippen molar-refractivity contribution in [3.8, 4) is 34.4 Å². The largest absolute Gasteiger partial charge is 0.493 e. The van der Waals surface area contributed by atoms with Crippen molar-refractivity contribution >= 4 is 23.1 Å². The van der Waals surface area contributed by atoms with Gasteiger partial charge in [0.1, 0.15) is 41.4 Å². The van der Waals surface area contributed by atoms with Gasteiger partial charge in [-0.25, -0.2) is 9.24 Å². The van der Waals surface area contributed by atoms with E-state index in [9.17, 15) is 14.4 Å². The van der Waals surface area contributed by atoms with Crippen molar-refractivity contribution in [1.29, 1.82) is 5.26 Å². The molecule has 1 saturated heterocycles. The number of halogens is 2. The average molecular weight is 761 g/mol. The summed E-state index contributed by atoms with van der Waals surface area (Å²) >= 11 is 6.93. The molecular weight excluding hydrogens is 715 g/mol. The van der Waals surface area contributed by atoms with Crippen LogP contribution in [0.5, 0.6) is 17.2 Å². The monoisotopic (exact) mass is 760 g/mol. The summed E-state index contributed by atoms with van der Waals surface area (Å²) in [5, 5.41) is 13.5. The van der Waals surface area contributed by atoms with Gasteiger partial charge in [0, 0.05) is 56.2 Å².